The van der Waals surface area contributed by atoms with E-state index >= 15 is 0 Å². The lowest BCUT2D eigenvalue weighted by Gasteiger charge is -2.07. The molecule has 0 saturated carbocycles. The van der Waals surface area contributed by atoms with Gasteiger partial charge in [-0.2, -0.15) is 5.10 Å². The van der Waals surface area contributed by atoms with Gasteiger partial charge in [0, 0.05) is 30.5 Å². The molecule has 3 aromatic rings. The summed E-state index contributed by atoms with van der Waals surface area (Å²) < 4.78 is 19.7. The van der Waals surface area contributed by atoms with Gasteiger partial charge in [0.05, 0.1) is 20.5 Å². The number of nitro groups is 3. The SMILES string of the molecule is Cc1c([N+](=O)[O-])cc(NC(=O)c2ccn(COc3cc(F)ccc3[N+](=O)[O-])n2)cc1[N+](=O)[O-]. The van der Waals surface area contributed by atoms with Crippen molar-refractivity contribution >= 4 is 28.7 Å². The molecule has 0 spiro atoms. The second-order valence-corrected chi connectivity index (χ2v) is 6.49. The Kier molecular flexibility index (Phi) is 6.23. The summed E-state index contributed by atoms with van der Waals surface area (Å²) in [6.07, 6.45) is 1.29. The number of anilines is 1. The largest absolute Gasteiger partial charge is 0.464 e. The molecule has 2 aromatic carbocycles. The van der Waals surface area contributed by atoms with Gasteiger partial charge in [0.15, 0.2) is 12.4 Å². The Morgan fingerprint density at radius 2 is 1.64 bits per heavy atom. The molecule has 3 rings (SSSR count). The minimum absolute atomic E-state index is 0.170. The van der Waals surface area contributed by atoms with Crippen LogP contribution in [0.25, 0.3) is 0 Å². The Morgan fingerprint density at radius 3 is 2.21 bits per heavy atom. The second-order valence-electron chi connectivity index (χ2n) is 6.49. The van der Waals surface area contributed by atoms with Crippen LogP contribution in [0.2, 0.25) is 0 Å². The third-order valence-corrected chi connectivity index (χ3v) is 4.35. The highest BCUT2D eigenvalue weighted by molar-refractivity contribution is 6.03. The number of carbonyl (C=O) groups is 1. The summed E-state index contributed by atoms with van der Waals surface area (Å²) in [5.41, 5.74) is -2.10. The number of halogens is 1. The van der Waals surface area contributed by atoms with E-state index in [9.17, 15) is 39.5 Å². The molecule has 0 aliphatic rings. The number of nitrogens with zero attached hydrogens (tertiary/aromatic N) is 5. The lowest BCUT2D eigenvalue weighted by molar-refractivity contribution is -0.395. The van der Waals surface area contributed by atoms with Crippen LogP contribution in [0.5, 0.6) is 5.75 Å². The van der Waals surface area contributed by atoms with E-state index in [0.717, 1.165) is 35.0 Å². The Labute approximate surface area is 182 Å². The Bertz CT molecular complexity index is 1260. The summed E-state index contributed by atoms with van der Waals surface area (Å²) in [7, 11) is 0. The van der Waals surface area contributed by atoms with Crippen LogP contribution >= 0.6 is 0 Å². The maximum atomic E-state index is 13.4. The minimum Gasteiger partial charge on any atom is -0.464 e. The van der Waals surface area contributed by atoms with E-state index in [1.807, 2.05) is 0 Å². The topological polar surface area (TPSA) is 186 Å². The van der Waals surface area contributed by atoms with Gasteiger partial charge in [-0.15, -0.1) is 0 Å². The van der Waals surface area contributed by atoms with Crippen molar-refractivity contribution in [3.05, 3.63) is 90.0 Å². The molecule has 1 amide bonds. The number of aromatic nitrogens is 2. The average Bonchev–Trinajstić information content (AvgIpc) is 3.22. The van der Waals surface area contributed by atoms with Crippen molar-refractivity contribution in [1.82, 2.24) is 9.78 Å². The van der Waals surface area contributed by atoms with Gasteiger partial charge in [-0.3, -0.25) is 35.1 Å². The number of amides is 1. The zero-order valence-electron chi connectivity index (χ0n) is 16.6. The van der Waals surface area contributed by atoms with E-state index in [2.05, 4.69) is 10.4 Å². The third-order valence-electron chi connectivity index (χ3n) is 4.35. The Balaban J connectivity index is 1.76. The maximum Gasteiger partial charge on any atom is 0.311 e. The predicted octanol–water partition coefficient (Wildman–Crippen LogP) is 3.34. The number of nitro benzene ring substituents is 3. The lowest BCUT2D eigenvalue weighted by atomic mass is 10.1. The lowest BCUT2D eigenvalue weighted by Crippen LogP contribution is -2.15. The fourth-order valence-corrected chi connectivity index (χ4v) is 2.78. The molecule has 0 atom stereocenters. The molecule has 0 fully saturated rings. The molecule has 170 valence electrons. The van der Waals surface area contributed by atoms with Crippen molar-refractivity contribution in [1.29, 1.82) is 0 Å². The van der Waals surface area contributed by atoms with Gasteiger partial charge in [-0.25, -0.2) is 9.07 Å². The number of hydrogen-bond acceptors (Lipinski definition) is 9. The first-order valence-electron chi connectivity index (χ1n) is 8.91. The van der Waals surface area contributed by atoms with E-state index in [0.29, 0.717) is 0 Å². The van der Waals surface area contributed by atoms with Crippen LogP contribution < -0.4 is 10.1 Å². The molecule has 1 N–H and O–H groups in total. The van der Waals surface area contributed by atoms with Gasteiger partial charge in [0.25, 0.3) is 17.3 Å². The molecular weight excluding hydrogens is 447 g/mol. The summed E-state index contributed by atoms with van der Waals surface area (Å²) in [6.45, 7) is 0.811. The summed E-state index contributed by atoms with van der Waals surface area (Å²) in [4.78, 5) is 43.4. The molecule has 33 heavy (non-hydrogen) atoms. The van der Waals surface area contributed by atoms with Gasteiger partial charge < -0.3 is 10.1 Å². The van der Waals surface area contributed by atoms with Crippen LogP contribution in [0, 0.1) is 43.1 Å². The normalized spacial score (nSPS) is 10.5. The third kappa shape index (κ3) is 5.04. The number of ether oxygens (including phenoxy) is 1. The first kappa shape index (κ1) is 22.7. The van der Waals surface area contributed by atoms with E-state index < -0.39 is 50.3 Å². The average molecular weight is 460 g/mol. The molecule has 0 unspecified atom stereocenters. The molecular formula is C18H13FN6O8. The molecule has 0 bridgehead atoms. The van der Waals surface area contributed by atoms with Crippen molar-refractivity contribution in [2.24, 2.45) is 0 Å². The molecule has 0 aliphatic heterocycles. The van der Waals surface area contributed by atoms with Crippen molar-refractivity contribution < 1.29 is 28.7 Å². The monoisotopic (exact) mass is 460 g/mol. The molecule has 1 heterocycles. The van der Waals surface area contributed by atoms with E-state index in [1.165, 1.54) is 19.2 Å². The van der Waals surface area contributed by atoms with Gasteiger partial charge in [-0.05, 0) is 19.1 Å². The van der Waals surface area contributed by atoms with Crippen molar-refractivity contribution in [3.8, 4) is 5.75 Å². The van der Waals surface area contributed by atoms with Gasteiger partial charge in [0.1, 0.15) is 11.4 Å². The van der Waals surface area contributed by atoms with Crippen LogP contribution in [-0.4, -0.2) is 30.5 Å². The van der Waals surface area contributed by atoms with Crippen LogP contribution in [-0.2, 0) is 6.73 Å². The quantitative estimate of drug-likeness (QED) is 0.388. The first-order chi connectivity index (χ1) is 15.6. The number of hydrogen-bond donors (Lipinski definition) is 1. The van der Waals surface area contributed by atoms with E-state index in [1.54, 1.807) is 0 Å². The predicted molar refractivity (Wildman–Crippen MR) is 108 cm³/mol. The first-order valence-corrected chi connectivity index (χ1v) is 8.91. The summed E-state index contributed by atoms with van der Waals surface area (Å²) in [5, 5.41) is 39.5. The number of benzene rings is 2. The van der Waals surface area contributed by atoms with Gasteiger partial charge in [-0.1, -0.05) is 0 Å². The fourth-order valence-electron chi connectivity index (χ4n) is 2.78. The van der Waals surface area contributed by atoms with Gasteiger partial charge in [0.2, 0.25) is 5.75 Å². The minimum atomic E-state index is -0.835. The number of rotatable bonds is 8. The van der Waals surface area contributed by atoms with Crippen LogP contribution in [0.3, 0.4) is 0 Å². The standard InChI is InChI=1S/C18H13FN6O8/c1-10-15(24(29)30)7-12(8-16(10)25(31)32)20-18(26)13-4-5-22(21-13)9-33-17-6-11(19)2-3-14(17)23(27)28/h2-8H,9H2,1H3,(H,20,26). The van der Waals surface area contributed by atoms with Crippen molar-refractivity contribution in [2.75, 3.05) is 5.32 Å². The smallest absolute Gasteiger partial charge is 0.311 e. The Morgan fingerprint density at radius 1 is 1.03 bits per heavy atom. The van der Waals surface area contributed by atoms with Crippen LogP contribution in [0.4, 0.5) is 27.1 Å². The van der Waals surface area contributed by atoms with Crippen LogP contribution in [0.1, 0.15) is 16.1 Å². The summed E-state index contributed by atoms with van der Waals surface area (Å²) in [6, 6.07) is 5.86. The zero-order valence-corrected chi connectivity index (χ0v) is 16.6. The summed E-state index contributed by atoms with van der Waals surface area (Å²) in [5.74, 6) is -1.93. The van der Waals surface area contributed by atoms with E-state index in [-0.39, 0.29) is 22.7 Å². The number of nitrogens with one attached hydrogen (secondary N) is 1. The van der Waals surface area contributed by atoms with Crippen molar-refractivity contribution in [2.45, 2.75) is 13.7 Å². The Hall–Kier alpha value is -4.95. The highest BCUT2D eigenvalue weighted by Gasteiger charge is 2.24. The molecule has 0 aliphatic carbocycles. The fraction of sp³-hybridized carbons (Fsp3) is 0.111. The van der Waals surface area contributed by atoms with Crippen molar-refractivity contribution in [3.63, 3.8) is 0 Å². The maximum absolute atomic E-state index is 13.4. The van der Waals surface area contributed by atoms with E-state index in [4.69, 9.17) is 4.74 Å². The summed E-state index contributed by atoms with van der Waals surface area (Å²) >= 11 is 0. The number of carbonyl (C=O) groups excluding carboxylic acids is 1. The second kappa shape index (κ2) is 9.04. The molecule has 1 aromatic heterocycles. The van der Waals surface area contributed by atoms with Gasteiger partial charge >= 0.3 is 5.69 Å². The molecule has 0 saturated heterocycles. The molecule has 0 radical (unpaired) electrons. The molecule has 15 heteroatoms. The van der Waals surface area contributed by atoms with Crippen LogP contribution in [0.15, 0.2) is 42.6 Å². The molecule has 14 nitrogen and oxygen atoms in total. The zero-order chi connectivity index (χ0) is 24.3. The highest BCUT2D eigenvalue weighted by atomic mass is 19.1. The highest BCUT2D eigenvalue weighted by Crippen LogP contribution is 2.32.